The van der Waals surface area contributed by atoms with Crippen molar-refractivity contribution in [1.82, 2.24) is 0 Å². The van der Waals surface area contributed by atoms with Crippen LogP contribution in [-0.2, 0) is 6.42 Å². The first kappa shape index (κ1) is 21.1. The first-order valence-corrected chi connectivity index (χ1v) is 12.2. The summed E-state index contributed by atoms with van der Waals surface area (Å²) in [5.41, 5.74) is 3.43. The molecule has 0 spiro atoms. The topological polar surface area (TPSA) is 17.1 Å². The molecular weight excluding hydrogens is 364 g/mol. The van der Waals surface area contributed by atoms with Gasteiger partial charge in [-0.2, -0.15) is 0 Å². The van der Waals surface area contributed by atoms with E-state index in [1.165, 1.54) is 75.3 Å². The average molecular weight is 401 g/mol. The van der Waals surface area contributed by atoms with E-state index in [1.54, 1.807) is 0 Å². The maximum absolute atomic E-state index is 13.6. The first-order valence-electron chi connectivity index (χ1n) is 12.2. The molecule has 4 rings (SSSR count). The Hall–Kier alpha value is -2.15. The number of allylic oxidation sites excluding steroid dienone is 1. The van der Waals surface area contributed by atoms with Crippen LogP contribution in [0.1, 0.15) is 85.7 Å². The van der Waals surface area contributed by atoms with Gasteiger partial charge in [0, 0.05) is 11.5 Å². The molecule has 0 atom stereocenters. The average Bonchev–Trinajstić information content (AvgIpc) is 2.82. The molecule has 0 bridgehead atoms. The van der Waals surface area contributed by atoms with Gasteiger partial charge in [0.1, 0.15) is 0 Å². The van der Waals surface area contributed by atoms with Gasteiger partial charge in [-0.25, -0.2) is 0 Å². The number of Topliss-reactive ketones (excluding diaryl/α,β-unsaturated/α-hetero) is 1. The van der Waals surface area contributed by atoms with Crippen LogP contribution in [0.4, 0.5) is 0 Å². The summed E-state index contributed by atoms with van der Waals surface area (Å²) >= 11 is 0. The predicted octanol–water partition coefficient (Wildman–Crippen LogP) is 7.90. The Labute approximate surface area is 182 Å². The minimum atomic E-state index is 0.259. The van der Waals surface area contributed by atoms with Crippen molar-refractivity contribution in [2.75, 3.05) is 0 Å². The molecule has 2 aromatic rings. The molecule has 0 amide bonds. The van der Waals surface area contributed by atoms with Gasteiger partial charge < -0.3 is 0 Å². The maximum Gasteiger partial charge on any atom is 0.166 e. The van der Waals surface area contributed by atoms with Crippen molar-refractivity contribution in [3.05, 3.63) is 77.4 Å². The van der Waals surface area contributed by atoms with Crippen LogP contribution in [0.5, 0.6) is 0 Å². The summed E-state index contributed by atoms with van der Waals surface area (Å²) in [6.45, 7) is 0. The third-order valence-corrected chi connectivity index (χ3v) is 7.32. The van der Waals surface area contributed by atoms with Gasteiger partial charge in [0.25, 0.3) is 0 Å². The van der Waals surface area contributed by atoms with E-state index in [2.05, 4.69) is 60.7 Å². The van der Waals surface area contributed by atoms with E-state index in [1.807, 2.05) is 6.07 Å². The summed E-state index contributed by atoms with van der Waals surface area (Å²) < 4.78 is 0. The minimum absolute atomic E-state index is 0.259. The molecule has 0 N–H and O–H groups in total. The van der Waals surface area contributed by atoms with Gasteiger partial charge in [0.2, 0.25) is 0 Å². The summed E-state index contributed by atoms with van der Waals surface area (Å²) in [5.74, 6) is 1.92. The quantitative estimate of drug-likeness (QED) is 0.432. The molecule has 2 fully saturated rings. The number of rotatable bonds is 7. The Bertz CT molecular complexity index is 787. The van der Waals surface area contributed by atoms with Crippen molar-refractivity contribution in [3.8, 4) is 0 Å². The number of hydrogen-bond acceptors (Lipinski definition) is 1. The van der Waals surface area contributed by atoms with Crippen LogP contribution in [0, 0.1) is 17.8 Å². The second-order valence-electron chi connectivity index (χ2n) is 9.40. The van der Waals surface area contributed by atoms with Gasteiger partial charge in [-0.1, -0.05) is 105 Å². The standard InChI is InChI=1S/C29H36O/c30-29(28(25-15-6-2-7-16-25)26-17-8-3-9-18-26)27-21-19-24(20-22-27)14-10-13-23-11-4-1-5-12-23/h1,4-5,10-13,19-22,25-26,28H,2-3,6-9,14-18H2/b13-10+. The molecule has 0 unspecified atom stereocenters. The van der Waals surface area contributed by atoms with Crippen molar-refractivity contribution in [2.45, 2.75) is 70.6 Å². The number of hydrogen-bond donors (Lipinski definition) is 0. The lowest BCUT2D eigenvalue weighted by atomic mass is 9.67. The zero-order valence-corrected chi connectivity index (χ0v) is 18.3. The summed E-state index contributed by atoms with van der Waals surface area (Å²) in [6.07, 6.45) is 18.3. The van der Waals surface area contributed by atoms with Crippen LogP contribution in [0.3, 0.4) is 0 Å². The lowest BCUT2D eigenvalue weighted by Gasteiger charge is -2.37. The number of benzene rings is 2. The van der Waals surface area contributed by atoms with Crippen LogP contribution in [0.2, 0.25) is 0 Å². The lowest BCUT2D eigenvalue weighted by Crippen LogP contribution is -2.33. The molecule has 2 aliphatic rings. The minimum Gasteiger partial charge on any atom is -0.294 e. The van der Waals surface area contributed by atoms with Crippen molar-refractivity contribution in [1.29, 1.82) is 0 Å². The van der Waals surface area contributed by atoms with Gasteiger partial charge >= 0.3 is 0 Å². The summed E-state index contributed by atoms with van der Waals surface area (Å²) in [5, 5.41) is 0. The molecule has 0 radical (unpaired) electrons. The summed E-state index contributed by atoms with van der Waals surface area (Å²) in [4.78, 5) is 13.6. The molecular formula is C29H36O. The molecule has 0 aromatic heterocycles. The normalized spacial score (nSPS) is 18.8. The fraction of sp³-hybridized carbons (Fsp3) is 0.483. The van der Waals surface area contributed by atoms with E-state index in [-0.39, 0.29) is 5.92 Å². The highest BCUT2D eigenvalue weighted by atomic mass is 16.1. The van der Waals surface area contributed by atoms with Crippen LogP contribution >= 0.6 is 0 Å². The highest BCUT2D eigenvalue weighted by Gasteiger charge is 2.36. The highest BCUT2D eigenvalue weighted by molar-refractivity contribution is 5.98. The predicted molar refractivity (Wildman–Crippen MR) is 127 cm³/mol. The largest absolute Gasteiger partial charge is 0.294 e. The number of ketones is 1. The second-order valence-corrected chi connectivity index (χ2v) is 9.40. The Morgan fingerprint density at radius 3 is 1.90 bits per heavy atom. The van der Waals surface area contributed by atoms with Gasteiger partial charge in [0.15, 0.2) is 5.78 Å². The SMILES string of the molecule is O=C(c1ccc(C/C=C/c2ccccc2)cc1)C(C1CCCCC1)C1CCCCC1. The lowest BCUT2D eigenvalue weighted by molar-refractivity contribution is 0.0710. The fourth-order valence-corrected chi connectivity index (χ4v) is 5.69. The molecule has 30 heavy (non-hydrogen) atoms. The smallest absolute Gasteiger partial charge is 0.166 e. The van der Waals surface area contributed by atoms with Crippen molar-refractivity contribution in [3.63, 3.8) is 0 Å². The van der Waals surface area contributed by atoms with Gasteiger partial charge in [-0.3, -0.25) is 4.79 Å². The van der Waals surface area contributed by atoms with E-state index >= 15 is 0 Å². The van der Waals surface area contributed by atoms with E-state index in [0.717, 1.165) is 12.0 Å². The summed E-state index contributed by atoms with van der Waals surface area (Å²) in [7, 11) is 0. The second kappa shape index (κ2) is 10.8. The Morgan fingerprint density at radius 1 is 0.767 bits per heavy atom. The van der Waals surface area contributed by atoms with Gasteiger partial charge in [-0.15, -0.1) is 0 Å². The molecule has 0 heterocycles. The first-order chi connectivity index (χ1) is 14.8. The number of carbonyl (C=O) groups is 1. The summed E-state index contributed by atoms with van der Waals surface area (Å²) in [6, 6.07) is 18.9. The van der Waals surface area contributed by atoms with Crippen molar-refractivity contribution in [2.24, 2.45) is 17.8 Å². The van der Waals surface area contributed by atoms with Crippen LogP contribution in [0.25, 0.3) is 6.08 Å². The highest BCUT2D eigenvalue weighted by Crippen LogP contribution is 2.41. The third kappa shape index (κ3) is 5.50. The molecule has 1 nitrogen and oxygen atoms in total. The van der Waals surface area contributed by atoms with Crippen LogP contribution in [-0.4, -0.2) is 5.78 Å². The van der Waals surface area contributed by atoms with E-state index in [9.17, 15) is 4.79 Å². The fourth-order valence-electron chi connectivity index (χ4n) is 5.69. The van der Waals surface area contributed by atoms with E-state index in [4.69, 9.17) is 0 Å². The number of carbonyl (C=O) groups excluding carboxylic acids is 1. The zero-order valence-electron chi connectivity index (χ0n) is 18.3. The molecule has 0 aliphatic heterocycles. The van der Waals surface area contributed by atoms with Gasteiger partial charge in [-0.05, 0) is 55.1 Å². The van der Waals surface area contributed by atoms with E-state index < -0.39 is 0 Å². The Morgan fingerprint density at radius 2 is 1.33 bits per heavy atom. The molecule has 2 aromatic carbocycles. The maximum atomic E-state index is 13.6. The van der Waals surface area contributed by atoms with Crippen molar-refractivity contribution < 1.29 is 4.79 Å². The molecule has 0 saturated heterocycles. The zero-order chi connectivity index (χ0) is 20.6. The monoisotopic (exact) mass is 400 g/mol. The molecule has 1 heteroatoms. The van der Waals surface area contributed by atoms with Crippen molar-refractivity contribution >= 4 is 11.9 Å². The van der Waals surface area contributed by atoms with Crippen LogP contribution < -0.4 is 0 Å². The Balaban J connectivity index is 1.44. The molecule has 158 valence electrons. The molecule has 2 aliphatic carbocycles. The van der Waals surface area contributed by atoms with E-state index in [0.29, 0.717) is 17.6 Å². The Kier molecular flexibility index (Phi) is 7.56. The van der Waals surface area contributed by atoms with Crippen LogP contribution in [0.15, 0.2) is 60.7 Å². The molecule has 2 saturated carbocycles. The van der Waals surface area contributed by atoms with Gasteiger partial charge in [0.05, 0.1) is 0 Å². The third-order valence-electron chi connectivity index (χ3n) is 7.32.